The Bertz CT molecular complexity index is 508. The van der Waals surface area contributed by atoms with E-state index >= 15 is 0 Å². The van der Waals surface area contributed by atoms with Crippen LogP contribution in [0.5, 0.6) is 0 Å². The van der Waals surface area contributed by atoms with Crippen LogP contribution in [0.3, 0.4) is 0 Å². The van der Waals surface area contributed by atoms with Gasteiger partial charge in [0, 0.05) is 26.0 Å². The fourth-order valence-corrected chi connectivity index (χ4v) is 1.81. The number of hydrogen-bond donors (Lipinski definition) is 2. The minimum absolute atomic E-state index is 0.0323. The summed E-state index contributed by atoms with van der Waals surface area (Å²) in [6.07, 6.45) is 5.42. The maximum atomic E-state index is 11.9. The summed E-state index contributed by atoms with van der Waals surface area (Å²) < 4.78 is 0. The Kier molecular flexibility index (Phi) is 4.18. The lowest BCUT2D eigenvalue weighted by Crippen LogP contribution is -2.43. The second kappa shape index (κ2) is 6.04. The Morgan fingerprint density at radius 2 is 2.32 bits per heavy atom. The Morgan fingerprint density at radius 3 is 3.00 bits per heavy atom. The summed E-state index contributed by atoms with van der Waals surface area (Å²) in [6.45, 7) is 0. The van der Waals surface area contributed by atoms with Gasteiger partial charge in [-0.1, -0.05) is 12.1 Å². The number of carbonyl (C=O) groups is 1. The molecule has 0 saturated heterocycles. The van der Waals surface area contributed by atoms with Crippen LogP contribution < -0.4 is 15.6 Å². The molecule has 0 aliphatic carbocycles. The van der Waals surface area contributed by atoms with Crippen LogP contribution in [0.25, 0.3) is 0 Å². The number of anilines is 1. The van der Waals surface area contributed by atoms with Gasteiger partial charge >= 0.3 is 0 Å². The lowest BCUT2D eigenvalue weighted by molar-refractivity contribution is -0.121. The minimum Gasteiger partial charge on any atom is -0.378 e. The fourth-order valence-electron chi connectivity index (χ4n) is 1.81. The number of benzene rings is 1. The van der Waals surface area contributed by atoms with E-state index in [1.807, 2.05) is 49.3 Å². The van der Waals surface area contributed by atoms with Crippen LogP contribution in [-0.4, -0.2) is 32.4 Å². The molecule has 1 aliphatic heterocycles. The number of nitrogens with one attached hydrogen (secondary N) is 2. The van der Waals surface area contributed by atoms with Gasteiger partial charge in [0.05, 0.1) is 6.42 Å². The van der Waals surface area contributed by atoms with Gasteiger partial charge in [0.15, 0.2) is 0 Å². The monoisotopic (exact) mass is 258 g/mol. The van der Waals surface area contributed by atoms with Crippen LogP contribution >= 0.6 is 0 Å². The topological polar surface area (TPSA) is 56.7 Å². The molecule has 0 aromatic heterocycles. The molecule has 0 spiro atoms. The molecule has 1 aliphatic rings. The molecule has 1 amide bonds. The predicted molar refractivity (Wildman–Crippen MR) is 77.2 cm³/mol. The number of carbonyl (C=O) groups excluding carboxylic acids is 1. The third kappa shape index (κ3) is 3.84. The molecule has 0 saturated carbocycles. The van der Waals surface area contributed by atoms with Crippen molar-refractivity contribution in [2.45, 2.75) is 12.6 Å². The highest BCUT2D eigenvalue weighted by Gasteiger charge is 2.10. The molecule has 1 aromatic rings. The molecular formula is C14H18N4O. The number of rotatable bonds is 4. The van der Waals surface area contributed by atoms with Crippen molar-refractivity contribution in [3.63, 3.8) is 0 Å². The molecule has 5 nitrogen and oxygen atoms in total. The molecule has 1 atom stereocenters. The number of hydrazone groups is 1. The van der Waals surface area contributed by atoms with Gasteiger partial charge in [0.25, 0.3) is 0 Å². The number of nitrogens with zero attached hydrogens (tertiary/aromatic N) is 2. The first-order chi connectivity index (χ1) is 9.15. The van der Waals surface area contributed by atoms with Crippen molar-refractivity contribution in [2.24, 2.45) is 5.10 Å². The summed E-state index contributed by atoms with van der Waals surface area (Å²) >= 11 is 0. The second-order valence-electron chi connectivity index (χ2n) is 4.58. The van der Waals surface area contributed by atoms with E-state index in [1.165, 1.54) is 0 Å². The maximum absolute atomic E-state index is 11.9. The van der Waals surface area contributed by atoms with Crippen LogP contribution in [-0.2, 0) is 11.2 Å². The van der Waals surface area contributed by atoms with Gasteiger partial charge in [-0.3, -0.25) is 10.2 Å². The number of amides is 1. The molecule has 1 aromatic carbocycles. The van der Waals surface area contributed by atoms with E-state index in [9.17, 15) is 4.79 Å². The highest BCUT2D eigenvalue weighted by atomic mass is 16.1. The molecular weight excluding hydrogens is 240 g/mol. The van der Waals surface area contributed by atoms with Gasteiger partial charge in [-0.15, -0.1) is 0 Å². The Balaban J connectivity index is 1.93. The third-order valence-corrected chi connectivity index (χ3v) is 2.79. The molecule has 5 heteroatoms. The highest BCUT2D eigenvalue weighted by molar-refractivity contribution is 5.80. The van der Waals surface area contributed by atoms with Gasteiger partial charge in [-0.2, -0.15) is 5.10 Å². The molecule has 100 valence electrons. The van der Waals surface area contributed by atoms with Crippen molar-refractivity contribution in [2.75, 3.05) is 19.0 Å². The summed E-state index contributed by atoms with van der Waals surface area (Å²) in [4.78, 5) is 13.9. The van der Waals surface area contributed by atoms with E-state index in [4.69, 9.17) is 0 Å². The van der Waals surface area contributed by atoms with Crippen molar-refractivity contribution in [1.82, 2.24) is 10.7 Å². The molecule has 19 heavy (non-hydrogen) atoms. The fraction of sp³-hybridized carbons (Fsp3) is 0.286. The quantitative estimate of drug-likeness (QED) is 0.843. The molecule has 0 bridgehead atoms. The SMILES string of the molecule is CN(C)c1cccc(CC(=O)NC2C=CC=NN2)c1. The van der Waals surface area contributed by atoms with E-state index in [0.29, 0.717) is 6.42 Å². The molecule has 0 radical (unpaired) electrons. The normalized spacial score (nSPS) is 16.8. The van der Waals surface area contributed by atoms with Gasteiger partial charge in [0.1, 0.15) is 6.17 Å². The summed E-state index contributed by atoms with van der Waals surface area (Å²) in [5.74, 6) is -0.0323. The average Bonchev–Trinajstić information content (AvgIpc) is 2.40. The number of allylic oxidation sites excluding steroid dienone is 1. The first-order valence-electron chi connectivity index (χ1n) is 6.16. The van der Waals surface area contributed by atoms with Gasteiger partial charge < -0.3 is 10.2 Å². The Hall–Kier alpha value is -2.30. The van der Waals surface area contributed by atoms with Crippen LogP contribution in [0.15, 0.2) is 41.5 Å². The van der Waals surface area contributed by atoms with Crippen LogP contribution in [0.1, 0.15) is 5.56 Å². The first kappa shape index (κ1) is 13.1. The maximum Gasteiger partial charge on any atom is 0.226 e. The molecule has 2 rings (SSSR count). The van der Waals surface area contributed by atoms with E-state index in [-0.39, 0.29) is 12.1 Å². The highest BCUT2D eigenvalue weighted by Crippen LogP contribution is 2.13. The summed E-state index contributed by atoms with van der Waals surface area (Å²) in [7, 11) is 3.96. The largest absolute Gasteiger partial charge is 0.378 e. The van der Waals surface area contributed by atoms with Crippen molar-refractivity contribution in [3.05, 3.63) is 42.0 Å². The summed E-state index contributed by atoms with van der Waals surface area (Å²) in [5, 5.41) is 6.72. The van der Waals surface area contributed by atoms with Crippen LogP contribution in [0.2, 0.25) is 0 Å². The van der Waals surface area contributed by atoms with Crippen LogP contribution in [0, 0.1) is 0 Å². The zero-order chi connectivity index (χ0) is 13.7. The minimum atomic E-state index is -0.227. The Labute approximate surface area is 113 Å². The summed E-state index contributed by atoms with van der Waals surface area (Å²) in [5.41, 5.74) is 4.89. The second-order valence-corrected chi connectivity index (χ2v) is 4.58. The van der Waals surface area contributed by atoms with Crippen LogP contribution in [0.4, 0.5) is 5.69 Å². The zero-order valence-corrected chi connectivity index (χ0v) is 11.1. The van der Waals surface area contributed by atoms with E-state index < -0.39 is 0 Å². The standard InChI is InChI=1S/C14H18N4O/c1-18(2)12-6-3-5-11(9-12)10-14(19)16-13-7-4-8-15-17-13/h3-9,13,17H,10H2,1-2H3,(H,16,19). The van der Waals surface area contributed by atoms with E-state index in [1.54, 1.807) is 12.3 Å². The van der Waals surface area contributed by atoms with Crippen molar-refractivity contribution in [3.8, 4) is 0 Å². The lowest BCUT2D eigenvalue weighted by atomic mass is 10.1. The van der Waals surface area contributed by atoms with E-state index in [0.717, 1.165) is 11.3 Å². The zero-order valence-electron chi connectivity index (χ0n) is 11.1. The van der Waals surface area contributed by atoms with Crippen molar-refractivity contribution < 1.29 is 4.79 Å². The van der Waals surface area contributed by atoms with E-state index in [2.05, 4.69) is 15.8 Å². The van der Waals surface area contributed by atoms with Crippen molar-refractivity contribution >= 4 is 17.8 Å². The summed E-state index contributed by atoms with van der Waals surface area (Å²) in [6, 6.07) is 7.94. The Morgan fingerprint density at radius 1 is 1.47 bits per heavy atom. The molecule has 0 fully saturated rings. The molecule has 1 heterocycles. The average molecular weight is 258 g/mol. The third-order valence-electron chi connectivity index (χ3n) is 2.79. The first-order valence-corrected chi connectivity index (χ1v) is 6.16. The predicted octanol–water partition coefficient (Wildman–Crippen LogP) is 0.883. The van der Waals surface area contributed by atoms with Gasteiger partial charge in [-0.25, -0.2) is 0 Å². The smallest absolute Gasteiger partial charge is 0.226 e. The number of hydrogen-bond acceptors (Lipinski definition) is 4. The molecule has 1 unspecified atom stereocenters. The van der Waals surface area contributed by atoms with Gasteiger partial charge in [-0.05, 0) is 29.8 Å². The van der Waals surface area contributed by atoms with Gasteiger partial charge in [0.2, 0.25) is 5.91 Å². The molecule has 2 N–H and O–H groups in total. The van der Waals surface area contributed by atoms with Crippen molar-refractivity contribution in [1.29, 1.82) is 0 Å². The lowest BCUT2D eigenvalue weighted by Gasteiger charge is -2.17.